The molecule has 1 aliphatic heterocycles. The van der Waals surface area contributed by atoms with Gasteiger partial charge < -0.3 is 5.32 Å². The first-order valence-corrected chi connectivity index (χ1v) is 5.84. The van der Waals surface area contributed by atoms with E-state index < -0.39 is 0 Å². The highest BCUT2D eigenvalue weighted by molar-refractivity contribution is 7.99. The van der Waals surface area contributed by atoms with Gasteiger partial charge in [-0.25, -0.2) is 0 Å². The van der Waals surface area contributed by atoms with Gasteiger partial charge in [0.15, 0.2) is 0 Å². The van der Waals surface area contributed by atoms with Crippen molar-refractivity contribution in [3.63, 3.8) is 0 Å². The molecule has 2 rings (SSSR count). The van der Waals surface area contributed by atoms with Crippen LogP contribution in [-0.4, -0.2) is 18.2 Å². The summed E-state index contributed by atoms with van der Waals surface area (Å²) < 4.78 is 0. The summed E-state index contributed by atoms with van der Waals surface area (Å²) in [6.07, 6.45) is 0.606. The SMILES string of the molecule is O=C1C[C@@H](c2ccccc2)SCCN1. The first-order valence-electron chi connectivity index (χ1n) is 4.79. The predicted molar refractivity (Wildman–Crippen MR) is 59.3 cm³/mol. The Kier molecular flexibility index (Phi) is 3.09. The normalized spacial score (nSPS) is 22.6. The molecule has 14 heavy (non-hydrogen) atoms. The summed E-state index contributed by atoms with van der Waals surface area (Å²) in [5.74, 6) is 1.18. The van der Waals surface area contributed by atoms with Crippen LogP contribution in [-0.2, 0) is 4.79 Å². The Bertz CT molecular complexity index is 312. The van der Waals surface area contributed by atoms with Crippen molar-refractivity contribution in [3.05, 3.63) is 35.9 Å². The van der Waals surface area contributed by atoms with Gasteiger partial charge in [0.05, 0.1) is 0 Å². The molecule has 1 heterocycles. The zero-order valence-electron chi connectivity index (χ0n) is 7.90. The summed E-state index contributed by atoms with van der Waals surface area (Å²) in [6.45, 7) is 0.798. The Morgan fingerprint density at radius 1 is 1.29 bits per heavy atom. The molecule has 0 aliphatic carbocycles. The van der Waals surface area contributed by atoms with Gasteiger partial charge in [0.2, 0.25) is 5.91 Å². The minimum absolute atomic E-state index is 0.170. The number of amides is 1. The van der Waals surface area contributed by atoms with Gasteiger partial charge in [-0.3, -0.25) is 4.79 Å². The summed E-state index contributed by atoms with van der Waals surface area (Å²) in [7, 11) is 0. The van der Waals surface area contributed by atoms with E-state index in [9.17, 15) is 4.79 Å². The number of carbonyl (C=O) groups is 1. The molecule has 1 atom stereocenters. The molecular weight excluding hydrogens is 194 g/mol. The Balaban J connectivity index is 2.13. The second-order valence-corrected chi connectivity index (χ2v) is 4.63. The Morgan fingerprint density at radius 3 is 2.86 bits per heavy atom. The van der Waals surface area contributed by atoms with E-state index in [0.29, 0.717) is 11.7 Å². The first kappa shape index (κ1) is 9.59. The third-order valence-corrected chi connectivity index (χ3v) is 3.57. The number of benzene rings is 1. The summed E-state index contributed by atoms with van der Waals surface area (Å²) in [5, 5.41) is 3.22. The van der Waals surface area contributed by atoms with Gasteiger partial charge >= 0.3 is 0 Å². The van der Waals surface area contributed by atoms with E-state index in [2.05, 4.69) is 17.4 Å². The molecule has 74 valence electrons. The number of nitrogens with one attached hydrogen (secondary N) is 1. The van der Waals surface area contributed by atoms with E-state index in [4.69, 9.17) is 0 Å². The van der Waals surface area contributed by atoms with Gasteiger partial charge in [0.1, 0.15) is 0 Å². The zero-order valence-corrected chi connectivity index (χ0v) is 8.72. The third-order valence-electron chi connectivity index (χ3n) is 2.29. The van der Waals surface area contributed by atoms with Gasteiger partial charge in [-0.1, -0.05) is 30.3 Å². The zero-order chi connectivity index (χ0) is 9.80. The van der Waals surface area contributed by atoms with Crippen LogP contribution in [0.15, 0.2) is 30.3 Å². The van der Waals surface area contributed by atoms with Crippen LogP contribution in [0.5, 0.6) is 0 Å². The molecule has 2 nitrogen and oxygen atoms in total. The van der Waals surface area contributed by atoms with Crippen molar-refractivity contribution in [2.75, 3.05) is 12.3 Å². The topological polar surface area (TPSA) is 29.1 Å². The van der Waals surface area contributed by atoms with Crippen molar-refractivity contribution >= 4 is 17.7 Å². The lowest BCUT2D eigenvalue weighted by molar-refractivity contribution is -0.120. The van der Waals surface area contributed by atoms with Gasteiger partial charge in [0, 0.05) is 24.0 Å². The van der Waals surface area contributed by atoms with E-state index in [1.54, 1.807) is 0 Å². The van der Waals surface area contributed by atoms with Gasteiger partial charge in [-0.05, 0) is 5.56 Å². The van der Waals surface area contributed by atoms with Crippen LogP contribution >= 0.6 is 11.8 Å². The monoisotopic (exact) mass is 207 g/mol. The third kappa shape index (κ3) is 2.29. The number of rotatable bonds is 1. The smallest absolute Gasteiger partial charge is 0.221 e. The molecule has 0 bridgehead atoms. The van der Waals surface area contributed by atoms with Crippen molar-refractivity contribution in [1.82, 2.24) is 5.32 Å². The van der Waals surface area contributed by atoms with Crippen LogP contribution in [0.25, 0.3) is 0 Å². The van der Waals surface area contributed by atoms with Crippen molar-refractivity contribution in [3.8, 4) is 0 Å². The minimum atomic E-state index is 0.170. The lowest BCUT2D eigenvalue weighted by Gasteiger charge is -2.11. The lowest BCUT2D eigenvalue weighted by atomic mass is 10.1. The molecule has 1 amide bonds. The highest BCUT2D eigenvalue weighted by Gasteiger charge is 2.18. The Labute approximate surface area is 88.1 Å². The van der Waals surface area contributed by atoms with E-state index in [1.807, 2.05) is 30.0 Å². The number of carbonyl (C=O) groups excluding carboxylic acids is 1. The molecule has 0 radical (unpaired) electrons. The molecule has 0 saturated carbocycles. The van der Waals surface area contributed by atoms with Crippen LogP contribution in [0.2, 0.25) is 0 Å². The maximum Gasteiger partial charge on any atom is 0.221 e. The fraction of sp³-hybridized carbons (Fsp3) is 0.364. The highest BCUT2D eigenvalue weighted by atomic mass is 32.2. The second-order valence-electron chi connectivity index (χ2n) is 3.32. The van der Waals surface area contributed by atoms with Crippen molar-refractivity contribution in [1.29, 1.82) is 0 Å². The first-order chi connectivity index (χ1) is 6.86. The molecule has 1 aromatic rings. The largest absolute Gasteiger partial charge is 0.355 e. The van der Waals surface area contributed by atoms with Crippen molar-refractivity contribution in [2.24, 2.45) is 0 Å². The highest BCUT2D eigenvalue weighted by Crippen LogP contribution is 2.32. The molecule has 1 fully saturated rings. The maximum atomic E-state index is 11.3. The molecule has 3 heteroatoms. The van der Waals surface area contributed by atoms with Crippen molar-refractivity contribution in [2.45, 2.75) is 11.7 Å². The van der Waals surface area contributed by atoms with E-state index in [-0.39, 0.29) is 5.91 Å². The minimum Gasteiger partial charge on any atom is -0.355 e. The molecule has 1 aliphatic rings. The summed E-state index contributed by atoms with van der Waals surface area (Å²) >= 11 is 1.86. The molecule has 1 saturated heterocycles. The average molecular weight is 207 g/mol. The number of hydrogen-bond donors (Lipinski definition) is 1. The van der Waals surface area contributed by atoms with E-state index in [0.717, 1.165) is 12.3 Å². The summed E-state index contributed by atoms with van der Waals surface area (Å²) in [5.41, 5.74) is 1.26. The molecule has 1 aromatic carbocycles. The van der Waals surface area contributed by atoms with Crippen LogP contribution in [0, 0.1) is 0 Å². The Morgan fingerprint density at radius 2 is 2.07 bits per heavy atom. The summed E-state index contributed by atoms with van der Waals surface area (Å²) in [6, 6.07) is 10.2. The maximum absolute atomic E-state index is 11.3. The fourth-order valence-electron chi connectivity index (χ4n) is 1.57. The standard InChI is InChI=1S/C11H13NOS/c13-11-8-10(14-7-6-12-11)9-4-2-1-3-5-9/h1-5,10H,6-8H2,(H,12,13)/t10-/m0/s1. The van der Waals surface area contributed by atoms with Crippen LogP contribution in [0.4, 0.5) is 0 Å². The predicted octanol–water partition coefficient (Wildman–Crippen LogP) is 1.98. The summed E-state index contributed by atoms with van der Waals surface area (Å²) in [4.78, 5) is 11.3. The van der Waals surface area contributed by atoms with Gasteiger partial charge in [-0.2, -0.15) is 11.8 Å². The molecular formula is C11H13NOS. The van der Waals surface area contributed by atoms with Crippen molar-refractivity contribution < 1.29 is 4.79 Å². The second kappa shape index (κ2) is 4.51. The molecule has 0 unspecified atom stereocenters. The quantitative estimate of drug-likeness (QED) is 0.763. The average Bonchev–Trinajstić information content (AvgIpc) is 2.44. The lowest BCUT2D eigenvalue weighted by Crippen LogP contribution is -2.23. The van der Waals surface area contributed by atoms with Crippen LogP contribution in [0.1, 0.15) is 17.2 Å². The van der Waals surface area contributed by atoms with Gasteiger partial charge in [-0.15, -0.1) is 0 Å². The van der Waals surface area contributed by atoms with E-state index >= 15 is 0 Å². The van der Waals surface area contributed by atoms with E-state index in [1.165, 1.54) is 5.56 Å². The number of hydrogen-bond acceptors (Lipinski definition) is 2. The van der Waals surface area contributed by atoms with Crippen LogP contribution < -0.4 is 5.32 Å². The molecule has 1 N–H and O–H groups in total. The van der Waals surface area contributed by atoms with Crippen LogP contribution in [0.3, 0.4) is 0 Å². The fourth-order valence-corrected chi connectivity index (χ4v) is 2.70. The molecule has 0 aromatic heterocycles. The molecule has 0 spiro atoms. The Hall–Kier alpha value is -0.960. The van der Waals surface area contributed by atoms with Gasteiger partial charge in [0.25, 0.3) is 0 Å². The number of thioether (sulfide) groups is 1.